The first-order valence-electron chi connectivity index (χ1n) is 4.48. The third kappa shape index (κ3) is 1.13. The molecule has 2 aliphatic carbocycles. The third-order valence-corrected chi connectivity index (χ3v) is 3.16. The maximum atomic E-state index is 11.0. The van der Waals surface area contributed by atoms with Crippen LogP contribution in [-0.4, -0.2) is 5.78 Å². The molecule has 11 heavy (non-hydrogen) atoms. The normalized spacial score (nSPS) is 42.6. The van der Waals surface area contributed by atoms with E-state index in [-0.39, 0.29) is 0 Å². The van der Waals surface area contributed by atoms with Crippen LogP contribution in [0.2, 0.25) is 0 Å². The van der Waals surface area contributed by atoms with Gasteiger partial charge in [-0.25, -0.2) is 0 Å². The molecule has 1 saturated carbocycles. The molecule has 0 aliphatic heterocycles. The van der Waals surface area contributed by atoms with E-state index in [0.29, 0.717) is 17.6 Å². The first-order valence-corrected chi connectivity index (χ1v) is 4.48. The lowest BCUT2D eigenvalue weighted by Crippen LogP contribution is -2.18. The number of rotatable bonds is 0. The monoisotopic (exact) mass is 150 g/mol. The average molecular weight is 150 g/mol. The second-order valence-electron chi connectivity index (χ2n) is 3.92. The minimum atomic E-state index is 0.334. The van der Waals surface area contributed by atoms with Crippen molar-refractivity contribution in [2.75, 3.05) is 0 Å². The van der Waals surface area contributed by atoms with Crippen molar-refractivity contribution in [3.8, 4) is 0 Å². The summed E-state index contributed by atoms with van der Waals surface area (Å²) in [6.07, 6.45) is 7.30. The van der Waals surface area contributed by atoms with Crippen molar-refractivity contribution in [1.29, 1.82) is 0 Å². The lowest BCUT2D eigenvalue weighted by Gasteiger charge is -2.21. The molecular weight excluding hydrogens is 136 g/mol. The summed E-state index contributed by atoms with van der Waals surface area (Å²) in [7, 11) is 0. The SMILES string of the molecule is C[C@H]1CC[C@H]2CC(=O)C=C[C@H]21. The van der Waals surface area contributed by atoms with Crippen molar-refractivity contribution in [2.45, 2.75) is 26.2 Å². The Balaban J connectivity index is 2.19. The number of ketones is 1. The van der Waals surface area contributed by atoms with Crippen LogP contribution >= 0.6 is 0 Å². The van der Waals surface area contributed by atoms with Crippen LogP contribution in [-0.2, 0) is 4.79 Å². The van der Waals surface area contributed by atoms with E-state index < -0.39 is 0 Å². The summed E-state index contributed by atoms with van der Waals surface area (Å²) in [5.41, 5.74) is 0. The Morgan fingerprint density at radius 3 is 3.09 bits per heavy atom. The zero-order chi connectivity index (χ0) is 7.84. The summed E-state index contributed by atoms with van der Waals surface area (Å²) in [5, 5.41) is 0. The minimum Gasteiger partial charge on any atom is -0.295 e. The Morgan fingerprint density at radius 2 is 2.27 bits per heavy atom. The van der Waals surface area contributed by atoms with E-state index in [9.17, 15) is 4.79 Å². The van der Waals surface area contributed by atoms with Crippen LogP contribution in [0.1, 0.15) is 26.2 Å². The van der Waals surface area contributed by atoms with Gasteiger partial charge >= 0.3 is 0 Å². The van der Waals surface area contributed by atoms with Crippen molar-refractivity contribution < 1.29 is 4.79 Å². The van der Waals surface area contributed by atoms with Gasteiger partial charge in [-0.05, 0) is 36.7 Å². The zero-order valence-electron chi connectivity index (χ0n) is 6.92. The summed E-state index contributed by atoms with van der Waals surface area (Å²) in [4.78, 5) is 11.0. The molecule has 0 N–H and O–H groups in total. The molecule has 60 valence electrons. The standard InChI is InChI=1S/C10H14O/c1-7-2-3-8-6-9(11)4-5-10(7)8/h4-5,7-8,10H,2-3,6H2,1H3/t7-,8-,10-/m0/s1. The molecule has 1 fully saturated rings. The van der Waals surface area contributed by atoms with Crippen LogP contribution in [0.5, 0.6) is 0 Å². The van der Waals surface area contributed by atoms with Gasteiger partial charge in [-0.1, -0.05) is 13.0 Å². The van der Waals surface area contributed by atoms with Crippen LogP contribution in [0.3, 0.4) is 0 Å². The topological polar surface area (TPSA) is 17.1 Å². The molecule has 0 bridgehead atoms. The molecule has 0 saturated heterocycles. The number of fused-ring (bicyclic) bond motifs is 1. The Bertz CT molecular complexity index is 205. The summed E-state index contributed by atoms with van der Waals surface area (Å²) < 4.78 is 0. The minimum absolute atomic E-state index is 0.334. The molecule has 0 amide bonds. The first kappa shape index (κ1) is 7.08. The van der Waals surface area contributed by atoms with Gasteiger partial charge < -0.3 is 0 Å². The Kier molecular flexibility index (Phi) is 1.59. The Hall–Kier alpha value is -0.590. The quantitative estimate of drug-likeness (QED) is 0.517. The fourth-order valence-electron chi connectivity index (χ4n) is 2.46. The van der Waals surface area contributed by atoms with Gasteiger partial charge in [0.1, 0.15) is 0 Å². The molecule has 2 rings (SSSR count). The van der Waals surface area contributed by atoms with Crippen LogP contribution in [0, 0.1) is 17.8 Å². The maximum absolute atomic E-state index is 11.0. The average Bonchev–Trinajstić information content (AvgIpc) is 2.32. The van der Waals surface area contributed by atoms with E-state index in [1.807, 2.05) is 0 Å². The molecule has 1 heteroatoms. The smallest absolute Gasteiger partial charge is 0.155 e. The molecule has 0 spiro atoms. The second kappa shape index (κ2) is 2.47. The van der Waals surface area contributed by atoms with Crippen molar-refractivity contribution >= 4 is 5.78 Å². The first-order chi connectivity index (χ1) is 5.27. The van der Waals surface area contributed by atoms with Gasteiger partial charge in [-0.3, -0.25) is 4.79 Å². The van der Waals surface area contributed by atoms with Gasteiger partial charge in [-0.2, -0.15) is 0 Å². The molecule has 0 aromatic heterocycles. The molecular formula is C10H14O. The Labute approximate surface area is 67.5 Å². The van der Waals surface area contributed by atoms with E-state index in [1.54, 1.807) is 6.08 Å². The second-order valence-corrected chi connectivity index (χ2v) is 3.92. The van der Waals surface area contributed by atoms with Crippen LogP contribution in [0.25, 0.3) is 0 Å². The molecule has 2 aliphatic rings. The van der Waals surface area contributed by atoms with E-state index in [2.05, 4.69) is 13.0 Å². The molecule has 1 nitrogen and oxygen atoms in total. The Morgan fingerprint density at radius 1 is 1.45 bits per heavy atom. The molecule has 0 unspecified atom stereocenters. The van der Waals surface area contributed by atoms with Crippen LogP contribution < -0.4 is 0 Å². The van der Waals surface area contributed by atoms with Gasteiger partial charge in [0.25, 0.3) is 0 Å². The van der Waals surface area contributed by atoms with Gasteiger partial charge in [0.15, 0.2) is 5.78 Å². The van der Waals surface area contributed by atoms with Crippen molar-refractivity contribution in [2.24, 2.45) is 17.8 Å². The van der Waals surface area contributed by atoms with Gasteiger partial charge in [0.05, 0.1) is 0 Å². The molecule has 0 aromatic rings. The molecule has 3 atom stereocenters. The predicted molar refractivity (Wildman–Crippen MR) is 44.1 cm³/mol. The van der Waals surface area contributed by atoms with Crippen LogP contribution in [0.15, 0.2) is 12.2 Å². The molecule has 0 aromatic carbocycles. The largest absolute Gasteiger partial charge is 0.295 e. The molecule has 0 heterocycles. The van der Waals surface area contributed by atoms with E-state index >= 15 is 0 Å². The maximum Gasteiger partial charge on any atom is 0.155 e. The predicted octanol–water partition coefficient (Wildman–Crippen LogP) is 2.18. The highest BCUT2D eigenvalue weighted by molar-refractivity contribution is 5.90. The van der Waals surface area contributed by atoms with Gasteiger partial charge in [0, 0.05) is 6.42 Å². The summed E-state index contributed by atoms with van der Waals surface area (Å²) in [5.74, 6) is 2.54. The summed E-state index contributed by atoms with van der Waals surface area (Å²) in [6.45, 7) is 2.30. The lowest BCUT2D eigenvalue weighted by atomic mass is 9.83. The highest BCUT2D eigenvalue weighted by Gasteiger charge is 2.34. The zero-order valence-corrected chi connectivity index (χ0v) is 6.92. The number of allylic oxidation sites excluding steroid dienone is 2. The van der Waals surface area contributed by atoms with Crippen LogP contribution in [0.4, 0.5) is 0 Å². The van der Waals surface area contributed by atoms with E-state index in [0.717, 1.165) is 12.3 Å². The van der Waals surface area contributed by atoms with Gasteiger partial charge in [0.2, 0.25) is 0 Å². The van der Waals surface area contributed by atoms with E-state index in [4.69, 9.17) is 0 Å². The fraction of sp³-hybridized carbons (Fsp3) is 0.700. The summed E-state index contributed by atoms with van der Waals surface area (Å²) >= 11 is 0. The highest BCUT2D eigenvalue weighted by Crippen LogP contribution is 2.41. The number of carbonyl (C=O) groups excluding carboxylic acids is 1. The number of hydrogen-bond donors (Lipinski definition) is 0. The van der Waals surface area contributed by atoms with E-state index in [1.165, 1.54) is 12.8 Å². The fourth-order valence-corrected chi connectivity index (χ4v) is 2.46. The number of hydrogen-bond acceptors (Lipinski definition) is 1. The third-order valence-electron chi connectivity index (χ3n) is 3.16. The number of carbonyl (C=O) groups is 1. The lowest BCUT2D eigenvalue weighted by molar-refractivity contribution is -0.116. The van der Waals surface area contributed by atoms with Crippen molar-refractivity contribution in [3.05, 3.63) is 12.2 Å². The molecule has 0 radical (unpaired) electrons. The summed E-state index contributed by atoms with van der Waals surface area (Å²) in [6, 6.07) is 0. The van der Waals surface area contributed by atoms with Crippen molar-refractivity contribution in [1.82, 2.24) is 0 Å². The van der Waals surface area contributed by atoms with Gasteiger partial charge in [-0.15, -0.1) is 0 Å². The van der Waals surface area contributed by atoms with Crippen molar-refractivity contribution in [3.63, 3.8) is 0 Å². The highest BCUT2D eigenvalue weighted by atomic mass is 16.1.